The lowest BCUT2D eigenvalue weighted by atomic mass is 10.0. The van der Waals surface area contributed by atoms with E-state index >= 15 is 0 Å². The molecule has 2 rings (SSSR count). The van der Waals surface area contributed by atoms with Gasteiger partial charge in [-0.3, -0.25) is 4.90 Å². The Labute approximate surface area is 124 Å². The molecule has 1 atom stereocenters. The first-order valence-electron chi connectivity index (χ1n) is 7.87. The molecule has 1 aliphatic heterocycles. The SMILES string of the molecule is CCNCc1ccccc1CN1CCCC(N(C)C)C1. The van der Waals surface area contributed by atoms with Gasteiger partial charge in [0.1, 0.15) is 0 Å². The van der Waals surface area contributed by atoms with Gasteiger partial charge in [-0.15, -0.1) is 0 Å². The molecule has 3 nitrogen and oxygen atoms in total. The second-order valence-electron chi connectivity index (χ2n) is 6.04. The molecule has 0 spiro atoms. The van der Waals surface area contributed by atoms with Crippen LogP contribution in [0.4, 0.5) is 0 Å². The molecular weight excluding hydrogens is 246 g/mol. The monoisotopic (exact) mass is 275 g/mol. The lowest BCUT2D eigenvalue weighted by molar-refractivity contribution is 0.127. The third-order valence-electron chi connectivity index (χ3n) is 4.29. The number of hydrogen-bond donors (Lipinski definition) is 1. The van der Waals surface area contributed by atoms with Gasteiger partial charge in [-0.05, 0) is 51.2 Å². The van der Waals surface area contributed by atoms with Crippen LogP contribution in [-0.2, 0) is 13.1 Å². The van der Waals surface area contributed by atoms with E-state index in [0.717, 1.165) is 19.6 Å². The first kappa shape index (κ1) is 15.5. The van der Waals surface area contributed by atoms with Crippen LogP contribution in [0.1, 0.15) is 30.9 Å². The van der Waals surface area contributed by atoms with E-state index in [0.29, 0.717) is 6.04 Å². The highest BCUT2D eigenvalue weighted by Gasteiger charge is 2.21. The van der Waals surface area contributed by atoms with E-state index in [1.807, 2.05) is 0 Å². The average Bonchev–Trinajstić information content (AvgIpc) is 2.46. The van der Waals surface area contributed by atoms with Gasteiger partial charge in [0.2, 0.25) is 0 Å². The predicted molar refractivity (Wildman–Crippen MR) is 85.8 cm³/mol. The fourth-order valence-corrected chi connectivity index (χ4v) is 2.98. The summed E-state index contributed by atoms with van der Waals surface area (Å²) >= 11 is 0. The Morgan fingerprint density at radius 2 is 2.00 bits per heavy atom. The van der Waals surface area contributed by atoms with E-state index in [2.05, 4.69) is 60.4 Å². The maximum atomic E-state index is 3.44. The number of nitrogens with one attached hydrogen (secondary N) is 1. The molecule has 1 fully saturated rings. The minimum absolute atomic E-state index is 0.713. The number of rotatable bonds is 6. The Morgan fingerprint density at radius 1 is 1.25 bits per heavy atom. The van der Waals surface area contributed by atoms with E-state index in [-0.39, 0.29) is 0 Å². The molecule has 1 heterocycles. The number of nitrogens with zero attached hydrogens (tertiary/aromatic N) is 2. The summed E-state index contributed by atoms with van der Waals surface area (Å²) in [6.07, 6.45) is 2.65. The number of likely N-dealkylation sites (tertiary alicyclic amines) is 1. The van der Waals surface area contributed by atoms with Gasteiger partial charge in [0, 0.05) is 25.7 Å². The van der Waals surface area contributed by atoms with Crippen LogP contribution >= 0.6 is 0 Å². The first-order valence-corrected chi connectivity index (χ1v) is 7.87. The second kappa shape index (κ2) is 7.77. The molecule has 1 aliphatic rings. The molecule has 20 heavy (non-hydrogen) atoms. The van der Waals surface area contributed by atoms with Crippen molar-refractivity contribution in [3.05, 3.63) is 35.4 Å². The fraction of sp³-hybridized carbons (Fsp3) is 0.647. The Hall–Kier alpha value is -0.900. The Bertz CT molecular complexity index is 403. The van der Waals surface area contributed by atoms with Crippen LogP contribution < -0.4 is 5.32 Å². The molecule has 112 valence electrons. The van der Waals surface area contributed by atoms with Gasteiger partial charge in [0.25, 0.3) is 0 Å². The fourth-order valence-electron chi connectivity index (χ4n) is 2.98. The highest BCUT2D eigenvalue weighted by atomic mass is 15.2. The normalized spacial score (nSPS) is 20.5. The van der Waals surface area contributed by atoms with Crippen LogP contribution in [0.2, 0.25) is 0 Å². The van der Waals surface area contributed by atoms with Crippen molar-refractivity contribution >= 4 is 0 Å². The van der Waals surface area contributed by atoms with Gasteiger partial charge < -0.3 is 10.2 Å². The van der Waals surface area contributed by atoms with Gasteiger partial charge in [0.05, 0.1) is 0 Å². The number of piperidine rings is 1. The van der Waals surface area contributed by atoms with Crippen molar-refractivity contribution in [1.29, 1.82) is 0 Å². The summed E-state index contributed by atoms with van der Waals surface area (Å²) in [7, 11) is 4.40. The lowest BCUT2D eigenvalue weighted by Crippen LogP contribution is -2.44. The maximum Gasteiger partial charge on any atom is 0.0237 e. The van der Waals surface area contributed by atoms with E-state index in [1.54, 1.807) is 0 Å². The smallest absolute Gasteiger partial charge is 0.0237 e. The number of hydrogen-bond acceptors (Lipinski definition) is 3. The molecule has 1 aromatic rings. The quantitative estimate of drug-likeness (QED) is 0.859. The standard InChI is InChI=1S/C17H29N3/c1-4-18-12-15-8-5-6-9-16(15)13-20-11-7-10-17(14-20)19(2)3/h5-6,8-9,17-18H,4,7,10-14H2,1-3H3. The van der Waals surface area contributed by atoms with Gasteiger partial charge in [0.15, 0.2) is 0 Å². The summed E-state index contributed by atoms with van der Waals surface area (Å²) in [4.78, 5) is 4.98. The van der Waals surface area contributed by atoms with Gasteiger partial charge in [-0.1, -0.05) is 31.2 Å². The molecule has 0 aromatic heterocycles. The van der Waals surface area contributed by atoms with Gasteiger partial charge in [-0.25, -0.2) is 0 Å². The van der Waals surface area contributed by atoms with Crippen molar-refractivity contribution in [3.8, 4) is 0 Å². The predicted octanol–water partition coefficient (Wildman–Crippen LogP) is 2.32. The highest BCUT2D eigenvalue weighted by Crippen LogP contribution is 2.18. The van der Waals surface area contributed by atoms with E-state index in [4.69, 9.17) is 0 Å². The molecule has 0 radical (unpaired) electrons. The third-order valence-corrected chi connectivity index (χ3v) is 4.29. The summed E-state index contributed by atoms with van der Waals surface area (Å²) in [5.41, 5.74) is 2.93. The number of benzene rings is 1. The second-order valence-corrected chi connectivity index (χ2v) is 6.04. The van der Waals surface area contributed by atoms with Crippen molar-refractivity contribution in [2.75, 3.05) is 33.7 Å². The van der Waals surface area contributed by atoms with Crippen molar-refractivity contribution in [2.24, 2.45) is 0 Å². The van der Waals surface area contributed by atoms with Crippen LogP contribution in [0.25, 0.3) is 0 Å². The summed E-state index contributed by atoms with van der Waals surface area (Å²) in [6, 6.07) is 9.56. The summed E-state index contributed by atoms with van der Waals surface area (Å²) in [6.45, 7) is 7.70. The summed E-state index contributed by atoms with van der Waals surface area (Å²) < 4.78 is 0. The van der Waals surface area contributed by atoms with E-state index in [1.165, 1.54) is 37.1 Å². The third kappa shape index (κ3) is 4.30. The zero-order chi connectivity index (χ0) is 14.4. The van der Waals surface area contributed by atoms with Crippen LogP contribution in [-0.4, -0.2) is 49.6 Å². The molecule has 0 bridgehead atoms. The minimum Gasteiger partial charge on any atom is -0.313 e. The minimum atomic E-state index is 0.713. The van der Waals surface area contributed by atoms with Crippen LogP contribution in [0.15, 0.2) is 24.3 Å². The van der Waals surface area contributed by atoms with E-state index < -0.39 is 0 Å². The molecule has 1 N–H and O–H groups in total. The molecule has 1 saturated heterocycles. The Balaban J connectivity index is 1.98. The van der Waals surface area contributed by atoms with Crippen molar-refractivity contribution in [3.63, 3.8) is 0 Å². The molecule has 1 unspecified atom stereocenters. The summed E-state index contributed by atoms with van der Waals surface area (Å²) in [5, 5.41) is 3.44. The Morgan fingerprint density at radius 3 is 2.70 bits per heavy atom. The van der Waals surface area contributed by atoms with Crippen molar-refractivity contribution in [2.45, 2.75) is 38.9 Å². The molecule has 0 saturated carbocycles. The largest absolute Gasteiger partial charge is 0.313 e. The Kier molecular flexibility index (Phi) is 6.02. The highest BCUT2D eigenvalue weighted by molar-refractivity contribution is 5.27. The zero-order valence-electron chi connectivity index (χ0n) is 13.2. The summed E-state index contributed by atoms with van der Waals surface area (Å²) in [5.74, 6) is 0. The van der Waals surface area contributed by atoms with Crippen LogP contribution in [0, 0.1) is 0 Å². The van der Waals surface area contributed by atoms with Gasteiger partial charge >= 0.3 is 0 Å². The first-order chi connectivity index (χ1) is 9.70. The molecule has 3 heteroatoms. The van der Waals surface area contributed by atoms with E-state index in [9.17, 15) is 0 Å². The van der Waals surface area contributed by atoms with Crippen molar-refractivity contribution < 1.29 is 0 Å². The maximum absolute atomic E-state index is 3.44. The molecular formula is C17H29N3. The van der Waals surface area contributed by atoms with Crippen LogP contribution in [0.5, 0.6) is 0 Å². The molecule has 0 amide bonds. The topological polar surface area (TPSA) is 18.5 Å². The zero-order valence-corrected chi connectivity index (χ0v) is 13.2. The van der Waals surface area contributed by atoms with Crippen molar-refractivity contribution in [1.82, 2.24) is 15.1 Å². The van der Waals surface area contributed by atoms with Crippen LogP contribution in [0.3, 0.4) is 0 Å². The number of likely N-dealkylation sites (N-methyl/N-ethyl adjacent to an activating group) is 1. The average molecular weight is 275 g/mol. The molecule has 1 aromatic carbocycles. The molecule has 0 aliphatic carbocycles. The van der Waals surface area contributed by atoms with Gasteiger partial charge in [-0.2, -0.15) is 0 Å². The lowest BCUT2D eigenvalue weighted by Gasteiger charge is -2.36.